The molecule has 6 nitrogen and oxygen atoms in total. The lowest BCUT2D eigenvalue weighted by Gasteiger charge is -1.95. The molecule has 2 N–H and O–H groups in total. The summed E-state index contributed by atoms with van der Waals surface area (Å²) in [5.41, 5.74) is 0.901. The molecule has 0 aliphatic rings. The van der Waals surface area contributed by atoms with E-state index in [0.717, 1.165) is 9.90 Å². The lowest BCUT2D eigenvalue weighted by Crippen LogP contribution is -2.05. The topological polar surface area (TPSA) is 84.0 Å². The number of carbonyl (C=O) groups excluding carboxylic acids is 2. The van der Waals surface area contributed by atoms with Gasteiger partial charge in [0.25, 0.3) is 0 Å². The number of thiazole rings is 2. The molecule has 20 heavy (non-hydrogen) atoms. The first-order valence-electron chi connectivity index (χ1n) is 5.61. The molecular weight excluding hydrogens is 316 g/mol. The minimum absolute atomic E-state index is 0.124. The Labute approximate surface area is 128 Å². The number of amides is 2. The van der Waals surface area contributed by atoms with Gasteiger partial charge >= 0.3 is 0 Å². The normalized spacial score (nSPS) is 10.3. The summed E-state index contributed by atoms with van der Waals surface area (Å²) in [6.07, 6.45) is 1.72. The minimum atomic E-state index is -0.129. The number of nitrogens with zero attached hydrogens (tertiary/aromatic N) is 2. The smallest absolute Gasteiger partial charge is 0.223 e. The van der Waals surface area contributed by atoms with E-state index >= 15 is 0 Å². The van der Waals surface area contributed by atoms with E-state index in [9.17, 15) is 9.59 Å². The third-order valence-corrected chi connectivity index (χ3v) is 4.91. The summed E-state index contributed by atoms with van der Waals surface area (Å²) in [4.78, 5) is 30.2. The summed E-state index contributed by atoms with van der Waals surface area (Å²) in [5.74, 6) is 0.439. The fourth-order valence-corrected chi connectivity index (χ4v) is 3.93. The van der Waals surface area contributed by atoms with Gasteiger partial charge in [0.2, 0.25) is 11.8 Å². The Morgan fingerprint density at radius 1 is 1.25 bits per heavy atom. The molecule has 0 spiro atoms. The molecule has 2 amide bonds. The molecule has 0 saturated heterocycles. The molecule has 0 radical (unpaired) electrons. The maximum atomic E-state index is 10.9. The molecule has 0 aliphatic carbocycles. The molecule has 0 bridgehead atoms. The van der Waals surface area contributed by atoms with E-state index in [1.807, 2.05) is 5.38 Å². The molecule has 9 heteroatoms. The van der Waals surface area contributed by atoms with Crippen molar-refractivity contribution in [3.63, 3.8) is 0 Å². The van der Waals surface area contributed by atoms with E-state index in [1.165, 1.54) is 36.5 Å². The van der Waals surface area contributed by atoms with Crippen LogP contribution in [0.2, 0.25) is 0 Å². The Morgan fingerprint density at radius 2 is 1.95 bits per heavy atom. The molecule has 0 saturated carbocycles. The zero-order valence-electron chi connectivity index (χ0n) is 10.8. The van der Waals surface area contributed by atoms with Crippen LogP contribution in [0.1, 0.15) is 19.5 Å². The van der Waals surface area contributed by atoms with Crippen LogP contribution in [-0.4, -0.2) is 21.8 Å². The average Bonchev–Trinajstić information content (AvgIpc) is 2.94. The fourth-order valence-electron chi connectivity index (χ4n) is 1.26. The SMILES string of the molecule is CC(=O)Nc1nc(CSc2cnc(NC(C)=O)s2)cs1. The molecule has 2 heterocycles. The van der Waals surface area contributed by atoms with Gasteiger partial charge in [0.1, 0.15) is 0 Å². The Balaban J connectivity index is 1.88. The maximum Gasteiger partial charge on any atom is 0.223 e. The van der Waals surface area contributed by atoms with E-state index in [2.05, 4.69) is 20.6 Å². The largest absolute Gasteiger partial charge is 0.302 e. The van der Waals surface area contributed by atoms with E-state index in [4.69, 9.17) is 0 Å². The Kier molecular flexibility index (Phi) is 5.10. The molecule has 0 fully saturated rings. The van der Waals surface area contributed by atoms with Crippen molar-refractivity contribution in [1.82, 2.24) is 9.97 Å². The van der Waals surface area contributed by atoms with Gasteiger partial charge in [-0.05, 0) is 0 Å². The van der Waals surface area contributed by atoms with Crippen LogP contribution in [0.3, 0.4) is 0 Å². The van der Waals surface area contributed by atoms with Gasteiger partial charge in [0.15, 0.2) is 10.3 Å². The number of hydrogen-bond acceptors (Lipinski definition) is 7. The highest BCUT2D eigenvalue weighted by atomic mass is 32.2. The van der Waals surface area contributed by atoms with Crippen LogP contribution in [0.15, 0.2) is 15.8 Å². The quantitative estimate of drug-likeness (QED) is 0.825. The number of carbonyl (C=O) groups is 2. The van der Waals surface area contributed by atoms with Crippen LogP contribution in [0.25, 0.3) is 0 Å². The first-order valence-corrected chi connectivity index (χ1v) is 8.29. The van der Waals surface area contributed by atoms with Gasteiger partial charge in [-0.25, -0.2) is 9.97 Å². The molecule has 0 atom stereocenters. The number of hydrogen-bond donors (Lipinski definition) is 2. The Morgan fingerprint density at radius 3 is 2.65 bits per heavy atom. The number of rotatable bonds is 5. The molecule has 2 aromatic heterocycles. The summed E-state index contributed by atoms with van der Waals surface area (Å²) >= 11 is 4.41. The third kappa shape index (κ3) is 4.58. The summed E-state index contributed by atoms with van der Waals surface area (Å²) in [7, 11) is 0. The van der Waals surface area contributed by atoms with E-state index < -0.39 is 0 Å². The standard InChI is InChI=1S/C11H12N4O2S3/c1-6(16)13-10-12-3-9(20-10)18-4-8-5-19-11(15-8)14-7(2)17/h3,5H,4H2,1-2H3,(H,12,13,16)(H,14,15,17). The molecule has 0 aromatic carbocycles. The van der Waals surface area contributed by atoms with Gasteiger partial charge in [-0.2, -0.15) is 0 Å². The van der Waals surface area contributed by atoms with E-state index in [-0.39, 0.29) is 11.8 Å². The van der Waals surface area contributed by atoms with Crippen molar-refractivity contribution in [2.75, 3.05) is 10.6 Å². The van der Waals surface area contributed by atoms with Crippen LogP contribution in [0, 0.1) is 0 Å². The summed E-state index contributed by atoms with van der Waals surface area (Å²) in [6.45, 7) is 2.91. The molecule has 2 rings (SSSR count). The summed E-state index contributed by atoms with van der Waals surface area (Å²) < 4.78 is 1.00. The number of nitrogens with one attached hydrogen (secondary N) is 2. The number of aromatic nitrogens is 2. The average molecular weight is 328 g/mol. The van der Waals surface area contributed by atoms with E-state index in [0.29, 0.717) is 16.0 Å². The second-order valence-electron chi connectivity index (χ2n) is 3.78. The highest BCUT2D eigenvalue weighted by Crippen LogP contribution is 2.31. The lowest BCUT2D eigenvalue weighted by atomic mass is 10.6. The predicted molar refractivity (Wildman–Crippen MR) is 82.4 cm³/mol. The first-order chi connectivity index (χ1) is 9.52. The minimum Gasteiger partial charge on any atom is -0.302 e. The number of thioether (sulfide) groups is 1. The summed E-state index contributed by atoms with van der Waals surface area (Å²) in [6, 6.07) is 0. The molecule has 2 aromatic rings. The van der Waals surface area contributed by atoms with Crippen molar-refractivity contribution in [2.24, 2.45) is 0 Å². The second kappa shape index (κ2) is 6.82. The van der Waals surface area contributed by atoms with Gasteiger partial charge in [-0.3, -0.25) is 9.59 Å². The number of anilines is 2. The van der Waals surface area contributed by atoms with Crippen LogP contribution in [-0.2, 0) is 15.3 Å². The van der Waals surface area contributed by atoms with Crippen LogP contribution in [0.4, 0.5) is 10.3 Å². The third-order valence-electron chi connectivity index (χ3n) is 1.96. The molecule has 106 valence electrons. The highest BCUT2D eigenvalue weighted by Gasteiger charge is 2.07. The van der Waals surface area contributed by atoms with Gasteiger partial charge in [-0.15, -0.1) is 23.1 Å². The predicted octanol–water partition coefficient (Wildman–Crippen LogP) is 2.81. The zero-order valence-corrected chi connectivity index (χ0v) is 13.2. The first kappa shape index (κ1) is 14.9. The van der Waals surface area contributed by atoms with Crippen molar-refractivity contribution in [1.29, 1.82) is 0 Å². The monoisotopic (exact) mass is 328 g/mol. The van der Waals surface area contributed by atoms with Crippen molar-refractivity contribution < 1.29 is 9.59 Å². The molecule has 0 unspecified atom stereocenters. The van der Waals surface area contributed by atoms with Crippen LogP contribution < -0.4 is 10.6 Å². The van der Waals surface area contributed by atoms with Crippen LogP contribution in [0.5, 0.6) is 0 Å². The van der Waals surface area contributed by atoms with Crippen molar-refractivity contribution in [3.8, 4) is 0 Å². The van der Waals surface area contributed by atoms with Gasteiger partial charge in [-0.1, -0.05) is 11.3 Å². The summed E-state index contributed by atoms with van der Waals surface area (Å²) in [5, 5.41) is 8.41. The van der Waals surface area contributed by atoms with Crippen molar-refractivity contribution in [2.45, 2.75) is 23.8 Å². The molecule has 0 aliphatic heterocycles. The van der Waals surface area contributed by atoms with Gasteiger partial charge in [0, 0.05) is 25.0 Å². The van der Waals surface area contributed by atoms with E-state index in [1.54, 1.807) is 18.0 Å². The van der Waals surface area contributed by atoms with Gasteiger partial charge in [0.05, 0.1) is 16.1 Å². The van der Waals surface area contributed by atoms with Crippen LogP contribution >= 0.6 is 34.4 Å². The Hall–Kier alpha value is -1.45. The maximum absolute atomic E-state index is 10.9. The Bertz CT molecular complexity index is 568. The molecular formula is C11H12N4O2S3. The second-order valence-corrected chi connectivity index (χ2v) is 6.94. The van der Waals surface area contributed by atoms with Gasteiger partial charge < -0.3 is 10.6 Å². The van der Waals surface area contributed by atoms with Crippen molar-refractivity contribution >= 4 is 56.5 Å². The lowest BCUT2D eigenvalue weighted by molar-refractivity contribution is -0.115. The highest BCUT2D eigenvalue weighted by molar-refractivity contribution is 8.00. The zero-order chi connectivity index (χ0) is 14.5. The van der Waals surface area contributed by atoms with Crippen molar-refractivity contribution in [3.05, 3.63) is 17.3 Å². The fraction of sp³-hybridized carbons (Fsp3) is 0.273.